The van der Waals surface area contributed by atoms with E-state index in [0.717, 1.165) is 42.4 Å². The van der Waals surface area contributed by atoms with Crippen LogP contribution in [-0.2, 0) is 35.4 Å². The second kappa shape index (κ2) is 11.2. The number of nitrogens with one attached hydrogen (secondary N) is 1. The second-order valence-corrected chi connectivity index (χ2v) is 7.92. The van der Waals surface area contributed by atoms with Crippen molar-refractivity contribution in [2.75, 3.05) is 6.54 Å². The van der Waals surface area contributed by atoms with Crippen LogP contribution in [0.4, 0.5) is 4.79 Å². The molecule has 0 aliphatic heterocycles. The van der Waals surface area contributed by atoms with E-state index in [2.05, 4.69) is 17.2 Å². The quantitative estimate of drug-likeness (QED) is 0.512. The number of ether oxygens (including phenoxy) is 1. The number of alkyl carbamates (subject to hydrolysis) is 1. The van der Waals surface area contributed by atoms with E-state index in [1.54, 1.807) is 6.92 Å². The Hall–Kier alpha value is -3.26. The van der Waals surface area contributed by atoms with E-state index in [4.69, 9.17) is 4.74 Å². The number of carboxylic acid groups (broad SMARTS) is 1. The van der Waals surface area contributed by atoms with Crippen molar-refractivity contribution in [2.45, 2.75) is 52.1 Å². The third-order valence-corrected chi connectivity index (χ3v) is 5.53. The van der Waals surface area contributed by atoms with Gasteiger partial charge in [-0.15, -0.1) is 0 Å². The van der Waals surface area contributed by atoms with Crippen molar-refractivity contribution in [3.8, 4) is 11.8 Å². The van der Waals surface area contributed by atoms with Gasteiger partial charge in [-0.05, 0) is 60.4 Å². The minimum absolute atomic E-state index is 0.247. The molecule has 162 valence electrons. The van der Waals surface area contributed by atoms with E-state index in [1.807, 2.05) is 42.5 Å². The number of fused-ring (bicyclic) bond motifs is 1. The molecule has 0 bridgehead atoms. The maximum atomic E-state index is 11.8. The Morgan fingerprint density at radius 3 is 2.58 bits per heavy atom. The molecule has 1 aliphatic rings. The molecule has 5 nitrogen and oxygen atoms in total. The second-order valence-electron chi connectivity index (χ2n) is 7.92. The third kappa shape index (κ3) is 6.62. The lowest BCUT2D eigenvalue weighted by Crippen LogP contribution is -2.24. The highest BCUT2D eigenvalue weighted by Gasteiger charge is 2.19. The summed E-state index contributed by atoms with van der Waals surface area (Å²) in [5, 5.41) is 12.0. The van der Waals surface area contributed by atoms with Crippen LogP contribution in [0.3, 0.4) is 0 Å². The zero-order valence-corrected chi connectivity index (χ0v) is 17.9. The molecule has 0 fully saturated rings. The minimum Gasteiger partial charge on any atom is -0.481 e. The van der Waals surface area contributed by atoms with Crippen LogP contribution in [0.1, 0.15) is 54.0 Å². The molecule has 1 atom stereocenters. The first-order chi connectivity index (χ1) is 15.0. The summed E-state index contributed by atoms with van der Waals surface area (Å²) < 4.78 is 5.19. The number of rotatable bonds is 7. The predicted molar refractivity (Wildman–Crippen MR) is 120 cm³/mol. The van der Waals surface area contributed by atoms with Crippen molar-refractivity contribution >= 4 is 12.1 Å². The average molecular weight is 420 g/mol. The van der Waals surface area contributed by atoms with Gasteiger partial charge in [0.2, 0.25) is 0 Å². The van der Waals surface area contributed by atoms with Crippen molar-refractivity contribution in [1.82, 2.24) is 5.32 Å². The maximum Gasteiger partial charge on any atom is 0.407 e. The number of benzene rings is 2. The molecular formula is C26H29NO4. The maximum absolute atomic E-state index is 11.8. The van der Waals surface area contributed by atoms with Gasteiger partial charge in [0.25, 0.3) is 0 Å². The fraction of sp³-hybridized carbons (Fsp3) is 0.385. The Kier molecular flexibility index (Phi) is 8.12. The largest absolute Gasteiger partial charge is 0.481 e. The summed E-state index contributed by atoms with van der Waals surface area (Å²) in [4.78, 5) is 23.0. The predicted octanol–water partition coefficient (Wildman–Crippen LogP) is 4.50. The van der Waals surface area contributed by atoms with Crippen LogP contribution >= 0.6 is 0 Å². The molecule has 3 rings (SSSR count). The average Bonchev–Trinajstić information content (AvgIpc) is 2.79. The molecule has 31 heavy (non-hydrogen) atoms. The number of hydrogen-bond acceptors (Lipinski definition) is 3. The summed E-state index contributed by atoms with van der Waals surface area (Å²) >= 11 is 0. The van der Waals surface area contributed by atoms with Gasteiger partial charge in [0.1, 0.15) is 6.61 Å². The standard InChI is InChI=1S/C26H29NO4/c1-19(25(28)29)17-22-15-14-21(23-12-5-6-13-24(22)23)11-7-8-16-27-26(30)31-18-20-9-3-2-4-10-20/h2-4,9-10,14-15,19H,5-6,8,12-13,16-18H2,1H3,(H,27,30)(H,28,29)/t19-/m0/s1. The molecule has 0 unspecified atom stereocenters. The highest BCUT2D eigenvalue weighted by atomic mass is 16.5. The van der Waals surface area contributed by atoms with Gasteiger partial charge in [-0.2, -0.15) is 0 Å². The van der Waals surface area contributed by atoms with Crippen molar-refractivity contribution in [3.63, 3.8) is 0 Å². The Balaban J connectivity index is 1.53. The molecule has 2 N–H and O–H groups in total. The molecule has 2 aromatic rings. The van der Waals surface area contributed by atoms with Crippen molar-refractivity contribution in [3.05, 3.63) is 70.3 Å². The normalized spacial score (nSPS) is 13.3. The van der Waals surface area contributed by atoms with Gasteiger partial charge in [0.15, 0.2) is 0 Å². The van der Waals surface area contributed by atoms with Crippen LogP contribution in [0.15, 0.2) is 42.5 Å². The van der Waals surface area contributed by atoms with Crippen LogP contribution in [0.25, 0.3) is 0 Å². The van der Waals surface area contributed by atoms with E-state index in [1.165, 1.54) is 11.1 Å². The molecule has 0 spiro atoms. The minimum atomic E-state index is -0.761. The van der Waals surface area contributed by atoms with Gasteiger partial charge in [-0.1, -0.05) is 55.2 Å². The summed E-state index contributed by atoms with van der Waals surface area (Å²) in [6.45, 7) is 2.43. The van der Waals surface area contributed by atoms with Gasteiger partial charge in [-0.3, -0.25) is 4.79 Å². The highest BCUT2D eigenvalue weighted by Crippen LogP contribution is 2.29. The first-order valence-corrected chi connectivity index (χ1v) is 10.8. The zero-order chi connectivity index (χ0) is 22.1. The summed E-state index contributed by atoms with van der Waals surface area (Å²) in [5.41, 5.74) is 5.66. The lowest BCUT2D eigenvalue weighted by atomic mass is 9.83. The Labute approximate surface area is 183 Å². The van der Waals surface area contributed by atoms with Crippen LogP contribution in [0, 0.1) is 17.8 Å². The number of carbonyl (C=O) groups is 2. The summed E-state index contributed by atoms with van der Waals surface area (Å²) in [6.07, 6.45) is 4.88. The van der Waals surface area contributed by atoms with Gasteiger partial charge >= 0.3 is 12.1 Å². The van der Waals surface area contributed by atoms with E-state index in [-0.39, 0.29) is 6.61 Å². The topological polar surface area (TPSA) is 75.6 Å². The highest BCUT2D eigenvalue weighted by molar-refractivity contribution is 5.70. The molecule has 1 aliphatic carbocycles. The Morgan fingerprint density at radius 1 is 1.10 bits per heavy atom. The first kappa shape index (κ1) is 22.4. The Bertz CT molecular complexity index is 972. The van der Waals surface area contributed by atoms with Crippen molar-refractivity contribution < 1.29 is 19.4 Å². The molecule has 5 heteroatoms. The molecule has 0 aromatic heterocycles. The Morgan fingerprint density at radius 2 is 1.84 bits per heavy atom. The molecule has 0 heterocycles. The molecule has 0 saturated carbocycles. The molecule has 0 saturated heterocycles. The lowest BCUT2D eigenvalue weighted by Gasteiger charge is -2.22. The number of aliphatic carboxylic acids is 1. The first-order valence-electron chi connectivity index (χ1n) is 10.8. The van der Waals surface area contributed by atoms with Crippen LogP contribution < -0.4 is 5.32 Å². The van der Waals surface area contributed by atoms with Gasteiger partial charge in [-0.25, -0.2) is 4.79 Å². The van der Waals surface area contributed by atoms with E-state index >= 15 is 0 Å². The smallest absolute Gasteiger partial charge is 0.407 e. The summed E-state index contributed by atoms with van der Waals surface area (Å²) in [7, 11) is 0. The van der Waals surface area contributed by atoms with Gasteiger partial charge in [0, 0.05) is 18.5 Å². The monoisotopic (exact) mass is 419 g/mol. The van der Waals surface area contributed by atoms with E-state index in [0.29, 0.717) is 19.4 Å². The molecule has 1 amide bonds. The molecular weight excluding hydrogens is 390 g/mol. The van der Waals surface area contributed by atoms with Gasteiger partial charge < -0.3 is 15.2 Å². The third-order valence-electron chi connectivity index (χ3n) is 5.53. The van der Waals surface area contributed by atoms with Gasteiger partial charge in [0.05, 0.1) is 5.92 Å². The summed E-state index contributed by atoms with van der Waals surface area (Å²) in [5.74, 6) is 5.24. The van der Waals surface area contributed by atoms with Crippen molar-refractivity contribution in [2.24, 2.45) is 5.92 Å². The van der Waals surface area contributed by atoms with Crippen LogP contribution in [0.2, 0.25) is 0 Å². The fourth-order valence-corrected chi connectivity index (χ4v) is 3.83. The van der Waals surface area contributed by atoms with Crippen LogP contribution in [-0.4, -0.2) is 23.7 Å². The van der Waals surface area contributed by atoms with E-state index < -0.39 is 18.0 Å². The van der Waals surface area contributed by atoms with Crippen molar-refractivity contribution in [1.29, 1.82) is 0 Å². The zero-order valence-electron chi connectivity index (χ0n) is 17.9. The molecule has 0 radical (unpaired) electrons. The summed E-state index contributed by atoms with van der Waals surface area (Å²) in [6, 6.07) is 13.6. The number of carbonyl (C=O) groups excluding carboxylic acids is 1. The molecule has 2 aromatic carbocycles. The lowest BCUT2D eigenvalue weighted by molar-refractivity contribution is -0.141. The van der Waals surface area contributed by atoms with E-state index in [9.17, 15) is 14.7 Å². The number of hydrogen-bond donors (Lipinski definition) is 2. The van der Waals surface area contributed by atoms with Crippen LogP contribution in [0.5, 0.6) is 0 Å². The fourth-order valence-electron chi connectivity index (χ4n) is 3.83. The SMILES string of the molecule is C[C@@H](Cc1ccc(C#CCCNC(=O)OCc2ccccc2)c2c1CCCC2)C(=O)O. The number of carboxylic acids is 1. The number of amides is 1.